The van der Waals surface area contributed by atoms with Gasteiger partial charge in [0, 0.05) is 4.47 Å². The van der Waals surface area contributed by atoms with Crippen LogP contribution in [0.3, 0.4) is 0 Å². The highest BCUT2D eigenvalue weighted by atomic mass is 79.9. The minimum Gasteiger partial charge on any atom is -0.478 e. The Labute approximate surface area is 106 Å². The maximum atomic E-state index is 11.3. The molecule has 0 aromatic heterocycles. The lowest BCUT2D eigenvalue weighted by atomic mass is 10.1. The Morgan fingerprint density at radius 2 is 2.29 bits per heavy atom. The number of carbonyl (C=O) groups is 2. The van der Waals surface area contributed by atoms with Crippen LogP contribution in [0.4, 0.5) is 4.79 Å². The number of hydrogen-bond acceptors (Lipinski definition) is 3. The van der Waals surface area contributed by atoms with Crippen molar-refractivity contribution in [1.82, 2.24) is 4.90 Å². The number of ether oxygens (including phenoxy) is 1. The Balaban J connectivity index is 2.16. The second-order valence-corrected chi connectivity index (χ2v) is 4.50. The van der Waals surface area contributed by atoms with E-state index in [1.165, 1.54) is 12.1 Å². The summed E-state index contributed by atoms with van der Waals surface area (Å²) in [5, 5.41) is 8.82. The highest BCUT2D eigenvalue weighted by Gasteiger charge is 2.22. The van der Waals surface area contributed by atoms with Crippen LogP contribution >= 0.6 is 15.9 Å². The van der Waals surface area contributed by atoms with Crippen LogP contribution in [0.25, 0.3) is 0 Å². The molecule has 1 aromatic carbocycles. The van der Waals surface area contributed by atoms with Crippen LogP contribution in [0.1, 0.15) is 15.9 Å². The summed E-state index contributed by atoms with van der Waals surface area (Å²) in [5.41, 5.74) is 1.07. The highest BCUT2D eigenvalue weighted by molar-refractivity contribution is 9.10. The Kier molecular flexibility index (Phi) is 3.33. The molecule has 0 bridgehead atoms. The second kappa shape index (κ2) is 4.75. The van der Waals surface area contributed by atoms with Crippen LogP contribution in [0.2, 0.25) is 0 Å². The van der Waals surface area contributed by atoms with E-state index in [9.17, 15) is 9.59 Å². The molecule has 0 unspecified atom stereocenters. The fourth-order valence-corrected chi connectivity index (χ4v) is 2.09. The fourth-order valence-electron chi connectivity index (χ4n) is 1.58. The van der Waals surface area contributed by atoms with Gasteiger partial charge in [-0.05, 0) is 17.7 Å². The van der Waals surface area contributed by atoms with E-state index in [4.69, 9.17) is 9.84 Å². The standard InChI is InChI=1S/C11H10BrNO4/c12-9-5-7(10(14)15)1-2-8(9)6-13-3-4-17-11(13)16/h1-2,5H,3-4,6H2,(H,14,15). The molecule has 1 fully saturated rings. The SMILES string of the molecule is O=C(O)c1ccc(CN2CCOC2=O)c(Br)c1. The monoisotopic (exact) mass is 299 g/mol. The Bertz CT molecular complexity index is 475. The molecule has 1 heterocycles. The van der Waals surface area contributed by atoms with Gasteiger partial charge in [-0.1, -0.05) is 22.0 Å². The summed E-state index contributed by atoms with van der Waals surface area (Å²) < 4.78 is 5.49. The Hall–Kier alpha value is -1.56. The van der Waals surface area contributed by atoms with Gasteiger partial charge in [0.05, 0.1) is 18.7 Å². The molecule has 1 aliphatic heterocycles. The molecule has 2 rings (SSSR count). The van der Waals surface area contributed by atoms with Gasteiger partial charge in [-0.25, -0.2) is 9.59 Å². The van der Waals surface area contributed by atoms with Crippen molar-refractivity contribution in [1.29, 1.82) is 0 Å². The zero-order chi connectivity index (χ0) is 12.4. The van der Waals surface area contributed by atoms with Crippen molar-refractivity contribution in [2.24, 2.45) is 0 Å². The van der Waals surface area contributed by atoms with Gasteiger partial charge in [0.1, 0.15) is 6.61 Å². The number of carboxylic acids is 1. The minimum atomic E-state index is -0.974. The third-order valence-electron chi connectivity index (χ3n) is 2.51. The fraction of sp³-hybridized carbons (Fsp3) is 0.273. The number of benzene rings is 1. The summed E-state index contributed by atoms with van der Waals surface area (Å²) in [4.78, 5) is 23.6. The summed E-state index contributed by atoms with van der Waals surface area (Å²) in [6.45, 7) is 1.38. The molecule has 5 nitrogen and oxygen atoms in total. The lowest BCUT2D eigenvalue weighted by molar-refractivity contribution is 0.0696. The quantitative estimate of drug-likeness (QED) is 0.928. The summed E-state index contributed by atoms with van der Waals surface area (Å²) in [7, 11) is 0. The normalized spacial score (nSPS) is 14.9. The smallest absolute Gasteiger partial charge is 0.410 e. The zero-order valence-electron chi connectivity index (χ0n) is 8.85. The van der Waals surface area contributed by atoms with Gasteiger partial charge in [-0.15, -0.1) is 0 Å². The lowest BCUT2D eigenvalue weighted by Crippen LogP contribution is -2.23. The molecule has 0 saturated carbocycles. The van der Waals surface area contributed by atoms with Crippen molar-refractivity contribution in [3.8, 4) is 0 Å². The van der Waals surface area contributed by atoms with Crippen LogP contribution in [-0.2, 0) is 11.3 Å². The number of hydrogen-bond donors (Lipinski definition) is 1. The number of halogens is 1. The van der Waals surface area contributed by atoms with E-state index in [1.807, 2.05) is 0 Å². The molecule has 0 aliphatic carbocycles. The molecule has 1 amide bonds. The molecule has 1 N–H and O–H groups in total. The van der Waals surface area contributed by atoms with Crippen molar-refractivity contribution in [2.45, 2.75) is 6.54 Å². The second-order valence-electron chi connectivity index (χ2n) is 3.65. The Morgan fingerprint density at radius 1 is 1.53 bits per heavy atom. The first-order valence-corrected chi connectivity index (χ1v) is 5.80. The summed E-state index contributed by atoms with van der Waals surface area (Å²) in [6.07, 6.45) is -0.334. The van der Waals surface area contributed by atoms with E-state index >= 15 is 0 Å². The molecule has 17 heavy (non-hydrogen) atoms. The van der Waals surface area contributed by atoms with Gasteiger partial charge < -0.3 is 14.7 Å². The molecular formula is C11H10BrNO4. The van der Waals surface area contributed by atoms with Gasteiger partial charge in [0.25, 0.3) is 0 Å². The summed E-state index contributed by atoms with van der Waals surface area (Å²) in [6, 6.07) is 4.74. The number of nitrogens with zero attached hydrogens (tertiary/aromatic N) is 1. The first kappa shape index (κ1) is 11.9. The van der Waals surface area contributed by atoms with Gasteiger partial charge >= 0.3 is 12.1 Å². The number of cyclic esters (lactones) is 1. The van der Waals surface area contributed by atoms with Crippen LogP contribution in [0, 0.1) is 0 Å². The average molecular weight is 300 g/mol. The predicted molar refractivity (Wildman–Crippen MR) is 62.9 cm³/mol. The largest absolute Gasteiger partial charge is 0.478 e. The van der Waals surface area contributed by atoms with E-state index in [1.54, 1.807) is 11.0 Å². The topological polar surface area (TPSA) is 66.8 Å². The summed E-state index contributed by atoms with van der Waals surface area (Å²) in [5.74, 6) is -0.974. The number of rotatable bonds is 3. The maximum absolute atomic E-state index is 11.3. The van der Waals surface area contributed by atoms with E-state index in [0.717, 1.165) is 5.56 Å². The number of carboxylic acid groups (broad SMARTS) is 1. The Morgan fingerprint density at radius 3 is 2.82 bits per heavy atom. The van der Waals surface area contributed by atoms with Crippen LogP contribution in [-0.4, -0.2) is 35.2 Å². The van der Waals surface area contributed by atoms with Crippen molar-refractivity contribution < 1.29 is 19.4 Å². The molecule has 1 aromatic rings. The van der Waals surface area contributed by atoms with E-state index in [0.29, 0.717) is 24.2 Å². The number of carbonyl (C=O) groups excluding carboxylic acids is 1. The molecule has 1 aliphatic rings. The first-order chi connectivity index (χ1) is 8.08. The van der Waals surface area contributed by atoms with Gasteiger partial charge in [0.15, 0.2) is 0 Å². The summed E-state index contributed by atoms with van der Waals surface area (Å²) >= 11 is 3.30. The van der Waals surface area contributed by atoms with E-state index in [2.05, 4.69) is 15.9 Å². The van der Waals surface area contributed by atoms with Crippen LogP contribution < -0.4 is 0 Å². The predicted octanol–water partition coefficient (Wildman–Crippen LogP) is 2.10. The minimum absolute atomic E-state index is 0.213. The van der Waals surface area contributed by atoms with Crippen LogP contribution in [0.5, 0.6) is 0 Å². The van der Waals surface area contributed by atoms with Gasteiger partial charge in [0.2, 0.25) is 0 Å². The van der Waals surface area contributed by atoms with Gasteiger partial charge in [-0.2, -0.15) is 0 Å². The molecular weight excluding hydrogens is 290 g/mol. The molecule has 90 valence electrons. The highest BCUT2D eigenvalue weighted by Crippen LogP contribution is 2.21. The molecule has 6 heteroatoms. The lowest BCUT2D eigenvalue weighted by Gasteiger charge is -2.13. The average Bonchev–Trinajstić information content (AvgIpc) is 2.67. The van der Waals surface area contributed by atoms with Crippen molar-refractivity contribution in [2.75, 3.05) is 13.2 Å². The van der Waals surface area contributed by atoms with Gasteiger partial charge in [-0.3, -0.25) is 0 Å². The zero-order valence-corrected chi connectivity index (χ0v) is 10.4. The van der Waals surface area contributed by atoms with Crippen molar-refractivity contribution >= 4 is 28.0 Å². The maximum Gasteiger partial charge on any atom is 0.410 e. The van der Waals surface area contributed by atoms with Crippen molar-refractivity contribution in [3.05, 3.63) is 33.8 Å². The first-order valence-electron chi connectivity index (χ1n) is 5.01. The van der Waals surface area contributed by atoms with E-state index < -0.39 is 5.97 Å². The molecule has 0 radical (unpaired) electrons. The third-order valence-corrected chi connectivity index (χ3v) is 3.24. The number of amides is 1. The molecule has 1 saturated heterocycles. The number of aromatic carboxylic acids is 1. The van der Waals surface area contributed by atoms with Crippen LogP contribution in [0.15, 0.2) is 22.7 Å². The van der Waals surface area contributed by atoms with Crippen molar-refractivity contribution in [3.63, 3.8) is 0 Å². The molecule has 0 atom stereocenters. The molecule has 0 spiro atoms. The van der Waals surface area contributed by atoms with E-state index in [-0.39, 0.29) is 11.7 Å². The third kappa shape index (κ3) is 2.58.